The third-order valence-corrected chi connectivity index (χ3v) is 5.66. The lowest BCUT2D eigenvalue weighted by Crippen LogP contribution is -2.56. The first-order chi connectivity index (χ1) is 14.4. The maximum absolute atomic E-state index is 13.1. The van der Waals surface area contributed by atoms with Gasteiger partial charge in [-0.3, -0.25) is 15.0 Å². The van der Waals surface area contributed by atoms with Crippen molar-refractivity contribution >= 4 is 17.8 Å². The van der Waals surface area contributed by atoms with Crippen LogP contribution in [0.25, 0.3) is 0 Å². The number of anilines is 1. The number of nitrogens with zero attached hydrogens (tertiary/aromatic N) is 3. The van der Waals surface area contributed by atoms with E-state index >= 15 is 0 Å². The predicted molar refractivity (Wildman–Crippen MR) is 112 cm³/mol. The Hall–Kier alpha value is -3.07. The SMILES string of the molecule is CC(C)(CO)CNC(=O)C1C=CC2=C(N1)N(C(=O)Nc1ccccn1)[C@H]1CCN2C1. The minimum atomic E-state index is -0.595. The first-order valence-corrected chi connectivity index (χ1v) is 10.2. The van der Waals surface area contributed by atoms with Crippen LogP contribution < -0.4 is 16.0 Å². The van der Waals surface area contributed by atoms with Crippen molar-refractivity contribution in [1.82, 2.24) is 25.4 Å². The maximum atomic E-state index is 13.1. The highest BCUT2D eigenvalue weighted by atomic mass is 16.3. The summed E-state index contributed by atoms with van der Waals surface area (Å²) in [7, 11) is 0. The van der Waals surface area contributed by atoms with Crippen LogP contribution in [-0.2, 0) is 4.79 Å². The molecule has 1 aromatic heterocycles. The monoisotopic (exact) mass is 412 g/mol. The smallest absolute Gasteiger partial charge is 0.328 e. The molecule has 9 nitrogen and oxygen atoms in total. The van der Waals surface area contributed by atoms with Gasteiger partial charge in [0.1, 0.15) is 17.7 Å². The minimum absolute atomic E-state index is 0.0192. The summed E-state index contributed by atoms with van der Waals surface area (Å²) in [6.45, 7) is 5.74. The van der Waals surface area contributed by atoms with Crippen LogP contribution >= 0.6 is 0 Å². The summed E-state index contributed by atoms with van der Waals surface area (Å²) in [5.41, 5.74) is 0.516. The van der Waals surface area contributed by atoms with E-state index in [-0.39, 0.29) is 24.6 Å². The first-order valence-electron chi connectivity index (χ1n) is 10.2. The molecule has 1 aromatic rings. The highest BCUT2D eigenvalue weighted by Crippen LogP contribution is 2.33. The third kappa shape index (κ3) is 3.97. The number of carbonyl (C=O) groups excluding carboxylic acids is 2. The normalized spacial score (nSPS) is 22.5. The third-order valence-electron chi connectivity index (χ3n) is 5.66. The zero-order chi connectivity index (χ0) is 21.3. The second kappa shape index (κ2) is 7.98. The van der Waals surface area contributed by atoms with Crippen molar-refractivity contribution in [3.63, 3.8) is 0 Å². The van der Waals surface area contributed by atoms with Gasteiger partial charge in [0, 0.05) is 37.9 Å². The number of aromatic nitrogens is 1. The number of nitrogens with one attached hydrogen (secondary N) is 3. The van der Waals surface area contributed by atoms with Crippen LogP contribution in [0.1, 0.15) is 20.3 Å². The number of pyridine rings is 1. The van der Waals surface area contributed by atoms with Crippen molar-refractivity contribution in [2.75, 3.05) is 31.6 Å². The van der Waals surface area contributed by atoms with E-state index in [1.165, 1.54) is 0 Å². The largest absolute Gasteiger partial charge is 0.396 e. The highest BCUT2D eigenvalue weighted by molar-refractivity contribution is 5.91. The topological polar surface area (TPSA) is 110 Å². The Bertz CT molecular complexity index is 882. The number of amides is 3. The van der Waals surface area contributed by atoms with Crippen molar-refractivity contribution < 1.29 is 14.7 Å². The molecular formula is C21H28N6O3. The maximum Gasteiger partial charge on any atom is 0.328 e. The van der Waals surface area contributed by atoms with E-state index in [1.54, 1.807) is 23.2 Å². The lowest BCUT2D eigenvalue weighted by Gasteiger charge is -2.41. The number of hydrogen-bond acceptors (Lipinski definition) is 6. The van der Waals surface area contributed by atoms with Crippen molar-refractivity contribution in [3.8, 4) is 0 Å². The van der Waals surface area contributed by atoms with Gasteiger partial charge in [-0.1, -0.05) is 26.0 Å². The number of allylic oxidation sites excluding steroid dienone is 1. The van der Waals surface area contributed by atoms with Crippen molar-refractivity contribution in [1.29, 1.82) is 0 Å². The zero-order valence-corrected chi connectivity index (χ0v) is 17.3. The van der Waals surface area contributed by atoms with Crippen LogP contribution in [0.4, 0.5) is 10.6 Å². The second-order valence-corrected chi connectivity index (χ2v) is 8.66. The van der Waals surface area contributed by atoms with Crippen LogP contribution in [0, 0.1) is 5.41 Å². The fourth-order valence-corrected chi connectivity index (χ4v) is 3.86. The Labute approximate surface area is 175 Å². The lowest BCUT2D eigenvalue weighted by molar-refractivity contribution is -0.122. The Morgan fingerprint density at radius 1 is 1.37 bits per heavy atom. The fourth-order valence-electron chi connectivity index (χ4n) is 3.86. The standard InChI is InChI=1S/C21H28N6O3/c1-21(2,13-28)12-23-19(29)15-6-7-16-18(24-15)27(14-8-10-26(16)11-14)20(30)25-17-5-3-4-9-22-17/h3-7,9,14-15,24,28H,8,10-13H2,1-2H3,(H,23,29)(H,22,25,30)/t14-,15?/m0/s1. The molecule has 3 amide bonds. The van der Waals surface area contributed by atoms with Gasteiger partial charge in [0.25, 0.3) is 0 Å². The van der Waals surface area contributed by atoms with Gasteiger partial charge >= 0.3 is 6.03 Å². The summed E-state index contributed by atoms with van der Waals surface area (Å²) in [6, 6.07) is 4.52. The number of carbonyl (C=O) groups is 2. The summed E-state index contributed by atoms with van der Waals surface area (Å²) in [5, 5.41) is 18.4. The van der Waals surface area contributed by atoms with E-state index in [9.17, 15) is 14.7 Å². The quantitative estimate of drug-likeness (QED) is 0.571. The van der Waals surface area contributed by atoms with Gasteiger partial charge in [0.05, 0.1) is 11.7 Å². The molecule has 0 aromatic carbocycles. The lowest BCUT2D eigenvalue weighted by atomic mass is 9.95. The summed E-state index contributed by atoms with van der Waals surface area (Å²) >= 11 is 0. The molecule has 1 saturated heterocycles. The molecular weight excluding hydrogens is 384 g/mol. The fraction of sp³-hybridized carbons (Fsp3) is 0.476. The molecule has 4 N–H and O–H groups in total. The van der Waals surface area contributed by atoms with Crippen LogP contribution in [0.3, 0.4) is 0 Å². The molecule has 2 bridgehead atoms. The van der Waals surface area contributed by atoms with Crippen LogP contribution in [-0.4, -0.2) is 70.2 Å². The summed E-state index contributed by atoms with van der Waals surface area (Å²) in [4.78, 5) is 33.9. The van der Waals surface area contributed by atoms with Crippen LogP contribution in [0.15, 0.2) is 48.1 Å². The van der Waals surface area contributed by atoms with Crippen LogP contribution in [0.2, 0.25) is 0 Å². The van der Waals surface area contributed by atoms with Gasteiger partial charge < -0.3 is 20.6 Å². The Kier molecular flexibility index (Phi) is 5.38. The van der Waals surface area contributed by atoms with Gasteiger partial charge in [0.15, 0.2) is 0 Å². The molecule has 1 fully saturated rings. The van der Waals surface area contributed by atoms with Crippen molar-refractivity contribution in [2.45, 2.75) is 32.4 Å². The number of aliphatic hydroxyl groups is 1. The zero-order valence-electron chi connectivity index (χ0n) is 17.3. The molecule has 1 unspecified atom stereocenters. The number of aliphatic hydroxyl groups excluding tert-OH is 1. The van der Waals surface area contributed by atoms with E-state index < -0.39 is 11.5 Å². The molecule has 9 heteroatoms. The van der Waals surface area contributed by atoms with Gasteiger partial charge in [-0.2, -0.15) is 0 Å². The molecule has 3 aliphatic heterocycles. The van der Waals surface area contributed by atoms with E-state index in [0.717, 1.165) is 25.2 Å². The minimum Gasteiger partial charge on any atom is -0.396 e. The Balaban J connectivity index is 1.51. The van der Waals surface area contributed by atoms with Gasteiger partial charge in [-0.25, -0.2) is 9.78 Å². The number of urea groups is 1. The van der Waals surface area contributed by atoms with Gasteiger partial charge in [0.2, 0.25) is 5.91 Å². The average Bonchev–Trinajstić information content (AvgIpc) is 3.16. The molecule has 2 atom stereocenters. The molecule has 0 spiro atoms. The molecule has 4 rings (SSSR count). The number of dihydropyridines is 1. The highest BCUT2D eigenvalue weighted by Gasteiger charge is 2.42. The van der Waals surface area contributed by atoms with E-state index in [4.69, 9.17) is 0 Å². The molecule has 0 radical (unpaired) electrons. The predicted octanol–water partition coefficient (Wildman–Crippen LogP) is 0.835. The Morgan fingerprint density at radius 3 is 2.93 bits per heavy atom. The summed E-state index contributed by atoms with van der Waals surface area (Å²) < 4.78 is 0. The molecule has 160 valence electrons. The van der Waals surface area contributed by atoms with E-state index in [2.05, 4.69) is 25.8 Å². The van der Waals surface area contributed by atoms with Crippen molar-refractivity contribution in [2.24, 2.45) is 5.41 Å². The van der Waals surface area contributed by atoms with E-state index in [0.29, 0.717) is 18.2 Å². The van der Waals surface area contributed by atoms with Gasteiger partial charge in [-0.15, -0.1) is 0 Å². The Morgan fingerprint density at radius 2 is 2.20 bits per heavy atom. The van der Waals surface area contributed by atoms with E-state index in [1.807, 2.05) is 32.1 Å². The van der Waals surface area contributed by atoms with Crippen LogP contribution in [0.5, 0.6) is 0 Å². The number of hydrogen-bond donors (Lipinski definition) is 4. The molecule has 3 aliphatic rings. The second-order valence-electron chi connectivity index (χ2n) is 8.66. The molecule has 4 heterocycles. The average molecular weight is 412 g/mol. The molecule has 0 aliphatic carbocycles. The molecule has 0 saturated carbocycles. The molecule has 30 heavy (non-hydrogen) atoms. The summed E-state index contributed by atoms with van der Waals surface area (Å²) in [5.74, 6) is 0.926. The summed E-state index contributed by atoms with van der Waals surface area (Å²) in [6.07, 6.45) is 6.22. The number of rotatable bonds is 5. The van der Waals surface area contributed by atoms with Crippen molar-refractivity contribution in [3.05, 3.63) is 48.1 Å². The van der Waals surface area contributed by atoms with Gasteiger partial charge in [-0.05, 0) is 24.6 Å². The number of fused-ring (bicyclic) bond motifs is 3. The first kappa shape index (κ1) is 20.2.